The van der Waals surface area contributed by atoms with Crippen LogP contribution in [0.25, 0.3) is 11.1 Å². The Hall–Kier alpha value is -3.13. The molecule has 1 N–H and O–H groups in total. The van der Waals surface area contributed by atoms with Crippen LogP contribution in [0.1, 0.15) is 63.0 Å². The molecular weight excluding hydrogens is 485 g/mol. The van der Waals surface area contributed by atoms with Gasteiger partial charge in [-0.15, -0.1) is 0 Å². The Bertz CT molecular complexity index is 1250. The number of likely N-dealkylation sites (tertiary alicyclic amines) is 2. The van der Waals surface area contributed by atoms with Crippen molar-refractivity contribution >= 4 is 11.8 Å². The maximum Gasteiger partial charge on any atom is 0.309 e. The molecule has 7 nitrogen and oxygen atoms in total. The van der Waals surface area contributed by atoms with Crippen molar-refractivity contribution in [3.05, 3.63) is 53.3 Å². The van der Waals surface area contributed by atoms with Gasteiger partial charge in [-0.2, -0.15) is 0 Å². The molecule has 8 heteroatoms. The fourth-order valence-electron chi connectivity index (χ4n) is 6.16. The van der Waals surface area contributed by atoms with Crippen LogP contribution in [0.3, 0.4) is 0 Å². The average molecular weight is 522 g/mol. The van der Waals surface area contributed by atoms with Crippen molar-refractivity contribution in [1.82, 2.24) is 9.80 Å². The molecule has 202 valence electrons. The molecular formula is C30H36FN3O4. The van der Waals surface area contributed by atoms with Gasteiger partial charge in [0.25, 0.3) is 0 Å². The van der Waals surface area contributed by atoms with E-state index in [1.54, 1.807) is 0 Å². The molecule has 2 saturated heterocycles. The van der Waals surface area contributed by atoms with E-state index in [4.69, 9.17) is 9.57 Å². The van der Waals surface area contributed by atoms with E-state index >= 15 is 4.39 Å². The summed E-state index contributed by atoms with van der Waals surface area (Å²) in [7, 11) is 0. The second-order valence-corrected chi connectivity index (χ2v) is 11.7. The van der Waals surface area contributed by atoms with Crippen LogP contribution in [-0.2, 0) is 16.2 Å². The van der Waals surface area contributed by atoms with Crippen LogP contribution in [0.15, 0.2) is 41.6 Å². The molecule has 3 aliphatic heterocycles. The zero-order valence-electron chi connectivity index (χ0n) is 22.2. The summed E-state index contributed by atoms with van der Waals surface area (Å²) in [5.74, 6) is 0.935. The topological polar surface area (TPSA) is 74.6 Å². The summed E-state index contributed by atoms with van der Waals surface area (Å²) < 4.78 is 22.2. The van der Waals surface area contributed by atoms with Crippen molar-refractivity contribution in [1.29, 1.82) is 0 Å². The molecule has 0 unspecified atom stereocenters. The molecule has 0 aromatic heterocycles. The molecule has 0 radical (unpaired) electrons. The minimum absolute atomic E-state index is 0.127. The summed E-state index contributed by atoms with van der Waals surface area (Å²) in [6.45, 7) is 7.39. The van der Waals surface area contributed by atoms with Crippen LogP contribution in [-0.4, -0.2) is 65.1 Å². The minimum atomic E-state index is -0.729. The molecule has 3 fully saturated rings. The van der Waals surface area contributed by atoms with Crippen molar-refractivity contribution in [2.24, 2.45) is 10.6 Å². The first-order chi connectivity index (χ1) is 18.3. The van der Waals surface area contributed by atoms with Crippen LogP contribution >= 0.6 is 0 Å². The van der Waals surface area contributed by atoms with Gasteiger partial charge < -0.3 is 19.6 Å². The monoisotopic (exact) mass is 521 g/mol. The number of nitrogens with zero attached hydrogens (tertiary/aromatic N) is 3. The molecule has 38 heavy (non-hydrogen) atoms. The molecule has 3 heterocycles. The number of hydrogen-bond acceptors (Lipinski definition) is 6. The van der Waals surface area contributed by atoms with E-state index in [9.17, 15) is 9.90 Å². The van der Waals surface area contributed by atoms with Crippen molar-refractivity contribution in [2.45, 2.75) is 64.0 Å². The van der Waals surface area contributed by atoms with Crippen LogP contribution < -0.4 is 4.74 Å². The summed E-state index contributed by atoms with van der Waals surface area (Å²) in [6, 6.07) is 12.1. The van der Waals surface area contributed by atoms with Gasteiger partial charge in [-0.1, -0.05) is 35.5 Å². The fraction of sp³-hybridized carbons (Fsp3) is 0.533. The number of oxime groups is 1. The Kier molecular flexibility index (Phi) is 6.33. The van der Waals surface area contributed by atoms with Crippen LogP contribution in [0.2, 0.25) is 0 Å². The fourth-order valence-corrected chi connectivity index (χ4v) is 6.16. The van der Waals surface area contributed by atoms with E-state index in [0.29, 0.717) is 69.9 Å². The predicted octanol–water partition coefficient (Wildman–Crippen LogP) is 5.24. The molecule has 4 aliphatic rings. The number of carboxylic acid groups (broad SMARTS) is 1. The van der Waals surface area contributed by atoms with Gasteiger partial charge in [0, 0.05) is 38.3 Å². The Morgan fingerprint density at radius 2 is 1.92 bits per heavy atom. The van der Waals surface area contributed by atoms with E-state index in [-0.39, 0.29) is 17.3 Å². The zero-order valence-corrected chi connectivity index (χ0v) is 22.2. The second kappa shape index (κ2) is 9.56. The van der Waals surface area contributed by atoms with Crippen molar-refractivity contribution in [2.75, 3.05) is 32.8 Å². The van der Waals surface area contributed by atoms with Gasteiger partial charge in [0.15, 0.2) is 5.60 Å². The van der Waals surface area contributed by atoms with E-state index in [1.165, 1.54) is 0 Å². The van der Waals surface area contributed by atoms with Gasteiger partial charge >= 0.3 is 5.97 Å². The number of rotatable bonds is 7. The van der Waals surface area contributed by atoms with Crippen LogP contribution in [0, 0.1) is 11.2 Å². The van der Waals surface area contributed by atoms with E-state index in [0.717, 1.165) is 35.4 Å². The lowest BCUT2D eigenvalue weighted by Crippen LogP contribution is -2.61. The summed E-state index contributed by atoms with van der Waals surface area (Å²) in [5, 5.41) is 13.9. The lowest BCUT2D eigenvalue weighted by atomic mass is 9.80. The van der Waals surface area contributed by atoms with Gasteiger partial charge in [0.05, 0.1) is 18.4 Å². The lowest BCUT2D eigenvalue weighted by Gasteiger charge is -2.46. The third-order valence-electron chi connectivity index (χ3n) is 8.71. The molecule has 1 saturated carbocycles. The van der Waals surface area contributed by atoms with E-state index < -0.39 is 11.4 Å². The summed E-state index contributed by atoms with van der Waals surface area (Å²) in [5.41, 5.74) is 2.37. The van der Waals surface area contributed by atoms with Gasteiger partial charge in [0.2, 0.25) is 0 Å². The first-order valence-corrected chi connectivity index (χ1v) is 13.8. The number of benzene rings is 2. The van der Waals surface area contributed by atoms with Crippen molar-refractivity contribution in [3.8, 4) is 16.9 Å². The highest BCUT2D eigenvalue weighted by molar-refractivity contribution is 5.85. The molecule has 2 aromatic carbocycles. The molecule has 1 aliphatic carbocycles. The van der Waals surface area contributed by atoms with E-state index in [1.807, 2.05) is 50.2 Å². The average Bonchev–Trinajstić information content (AvgIpc) is 3.63. The SMILES string of the molecule is CCOc1cc(-c2ccccc2)c(C2CC2)c(F)c1CN1CC2(CC(N3CCC(C)(C(=O)O)CC3)=NO2)C1. The minimum Gasteiger partial charge on any atom is -0.493 e. The Morgan fingerprint density at radius 1 is 1.21 bits per heavy atom. The van der Waals surface area contributed by atoms with Crippen molar-refractivity contribution < 1.29 is 23.9 Å². The van der Waals surface area contributed by atoms with Crippen LogP contribution in [0.4, 0.5) is 4.39 Å². The molecule has 0 bridgehead atoms. The number of piperidine rings is 1. The number of amidine groups is 1. The third kappa shape index (κ3) is 4.53. The molecule has 0 atom stereocenters. The quantitative estimate of drug-likeness (QED) is 0.537. The summed E-state index contributed by atoms with van der Waals surface area (Å²) in [4.78, 5) is 21.9. The van der Waals surface area contributed by atoms with Gasteiger partial charge in [-0.25, -0.2) is 4.39 Å². The Morgan fingerprint density at radius 3 is 2.55 bits per heavy atom. The molecule has 0 amide bonds. The zero-order chi connectivity index (χ0) is 26.5. The Labute approximate surface area is 223 Å². The number of carbonyl (C=O) groups is 1. The largest absolute Gasteiger partial charge is 0.493 e. The standard InChI is InChI=1S/C30H36FN3O4/c1-3-37-24-15-22(20-7-5-4-6-8-20)26(21-9-10-21)27(31)23(24)17-33-18-30(19-33)16-25(32-38-30)34-13-11-29(2,12-14-34)28(35)36/h4-8,15,21H,3,9-14,16-19H2,1-2H3,(H,35,36). The first-order valence-electron chi connectivity index (χ1n) is 13.8. The van der Waals surface area contributed by atoms with Gasteiger partial charge in [-0.3, -0.25) is 9.69 Å². The maximum absolute atomic E-state index is 16.2. The van der Waals surface area contributed by atoms with Crippen LogP contribution in [0.5, 0.6) is 5.75 Å². The smallest absolute Gasteiger partial charge is 0.309 e. The highest BCUT2D eigenvalue weighted by atomic mass is 19.1. The summed E-state index contributed by atoms with van der Waals surface area (Å²) in [6.07, 6.45) is 3.94. The van der Waals surface area contributed by atoms with Gasteiger partial charge in [0.1, 0.15) is 17.4 Å². The number of halogens is 1. The number of aliphatic carboxylic acids is 1. The molecule has 1 spiro atoms. The second-order valence-electron chi connectivity index (χ2n) is 11.7. The lowest BCUT2D eigenvalue weighted by molar-refractivity contribution is -0.150. The number of ether oxygens (including phenoxy) is 1. The highest BCUT2D eigenvalue weighted by Gasteiger charge is 2.51. The third-order valence-corrected chi connectivity index (χ3v) is 8.71. The normalized spacial score (nSPS) is 22.1. The van der Waals surface area contributed by atoms with Crippen molar-refractivity contribution in [3.63, 3.8) is 0 Å². The van der Waals surface area contributed by atoms with Gasteiger partial charge in [-0.05, 0) is 68.2 Å². The summed E-state index contributed by atoms with van der Waals surface area (Å²) >= 11 is 0. The number of hydrogen-bond donors (Lipinski definition) is 1. The Balaban J connectivity index is 1.15. The molecule has 6 rings (SSSR count). The highest BCUT2D eigenvalue weighted by Crippen LogP contribution is 2.49. The first kappa shape index (κ1) is 25.2. The van der Waals surface area contributed by atoms with E-state index in [2.05, 4.69) is 15.0 Å². The predicted molar refractivity (Wildman–Crippen MR) is 143 cm³/mol. The maximum atomic E-state index is 16.2. The number of carboxylic acids is 1. The molecule has 2 aromatic rings.